The highest BCUT2D eigenvalue weighted by molar-refractivity contribution is 5.76. The fourth-order valence-electron chi connectivity index (χ4n) is 4.59. The Morgan fingerprint density at radius 3 is 2.56 bits per heavy atom. The number of rotatable bonds is 4. The molecule has 2 amide bonds. The minimum Gasteiger partial charge on any atom is -0.324 e. The third kappa shape index (κ3) is 4.11. The molecule has 1 aromatic carbocycles. The number of hydrogen-bond donors (Lipinski definition) is 1. The molecule has 0 saturated carbocycles. The first-order valence-electron chi connectivity index (χ1n) is 11.3. The molecule has 4 heterocycles. The van der Waals surface area contributed by atoms with Crippen molar-refractivity contribution in [2.24, 2.45) is 5.41 Å². The fraction of sp³-hybridized carbons (Fsp3) is 0.522. The summed E-state index contributed by atoms with van der Waals surface area (Å²) in [5.41, 5.74) is 3.56. The van der Waals surface area contributed by atoms with Crippen LogP contribution in [0, 0.1) is 5.41 Å². The van der Waals surface area contributed by atoms with Gasteiger partial charge in [-0.3, -0.25) is 5.10 Å². The molecule has 9 nitrogen and oxygen atoms in total. The topological polar surface area (TPSA) is 95.8 Å². The molecule has 2 aromatic heterocycles. The number of nitrogens with one attached hydrogen (secondary N) is 1. The first kappa shape index (κ1) is 20.7. The van der Waals surface area contributed by atoms with Crippen molar-refractivity contribution in [3.05, 3.63) is 48.2 Å². The van der Waals surface area contributed by atoms with E-state index < -0.39 is 0 Å². The van der Waals surface area contributed by atoms with Gasteiger partial charge >= 0.3 is 6.03 Å². The van der Waals surface area contributed by atoms with E-state index in [1.807, 2.05) is 20.7 Å². The molecule has 2 fully saturated rings. The Morgan fingerprint density at radius 2 is 1.88 bits per heavy atom. The second-order valence-corrected chi connectivity index (χ2v) is 10.1. The average Bonchev–Trinajstić information content (AvgIpc) is 3.47. The largest absolute Gasteiger partial charge is 0.324 e. The number of H-pyrrole nitrogens is 1. The first-order chi connectivity index (χ1) is 15.4. The Morgan fingerprint density at radius 1 is 1.12 bits per heavy atom. The van der Waals surface area contributed by atoms with Crippen molar-refractivity contribution in [2.45, 2.75) is 45.6 Å². The second-order valence-electron chi connectivity index (χ2n) is 10.1. The molecule has 32 heavy (non-hydrogen) atoms. The van der Waals surface area contributed by atoms with E-state index in [0.717, 1.165) is 49.7 Å². The molecule has 0 spiro atoms. The summed E-state index contributed by atoms with van der Waals surface area (Å²) in [6, 6.07) is 8.76. The smallest absolute Gasteiger partial charge is 0.320 e. The molecule has 0 bridgehead atoms. The standard InChI is InChI=1S/C23H30N8O.H2/c1-23(2,3)14-31-20(10-25-28-31)17-6-4-16(5-7-17)19-12-30(13-19)22(32)29-9-8-18(11-29)21-24-15-26-27-21;/h4-7,10,15,18-19H,8-9,11-14H2,1-3H3,(H,24,26,27);1H/t18-;/m0./s1. The van der Waals surface area contributed by atoms with Crippen LogP contribution in [0.3, 0.4) is 0 Å². The van der Waals surface area contributed by atoms with Gasteiger partial charge in [-0.25, -0.2) is 14.5 Å². The highest BCUT2D eigenvalue weighted by atomic mass is 16.2. The molecule has 0 unspecified atom stereocenters. The minimum atomic E-state index is 0. The second kappa shape index (κ2) is 8.03. The van der Waals surface area contributed by atoms with E-state index in [1.54, 1.807) is 0 Å². The molecule has 170 valence electrons. The van der Waals surface area contributed by atoms with E-state index in [4.69, 9.17) is 0 Å². The lowest BCUT2D eigenvalue weighted by molar-refractivity contribution is 0.121. The highest BCUT2D eigenvalue weighted by Crippen LogP contribution is 2.32. The number of urea groups is 1. The van der Waals surface area contributed by atoms with Crippen LogP contribution in [-0.2, 0) is 6.54 Å². The lowest BCUT2D eigenvalue weighted by Crippen LogP contribution is -2.53. The number of aromatic nitrogens is 6. The van der Waals surface area contributed by atoms with Crippen LogP contribution in [0.5, 0.6) is 0 Å². The third-order valence-electron chi connectivity index (χ3n) is 6.35. The first-order valence-corrected chi connectivity index (χ1v) is 11.3. The number of benzene rings is 1. The maximum atomic E-state index is 12.9. The molecule has 0 radical (unpaired) electrons. The molecule has 2 aliphatic rings. The number of hydrogen-bond acceptors (Lipinski definition) is 5. The van der Waals surface area contributed by atoms with Crippen molar-refractivity contribution in [1.82, 2.24) is 40.0 Å². The highest BCUT2D eigenvalue weighted by Gasteiger charge is 2.37. The Kier molecular flexibility index (Phi) is 5.19. The van der Waals surface area contributed by atoms with Gasteiger partial charge in [-0.1, -0.05) is 50.3 Å². The lowest BCUT2D eigenvalue weighted by atomic mass is 9.91. The number of nitrogens with zero attached hydrogens (tertiary/aromatic N) is 7. The maximum absolute atomic E-state index is 12.9. The summed E-state index contributed by atoms with van der Waals surface area (Å²) in [5.74, 6) is 1.52. The molecule has 3 aromatic rings. The number of likely N-dealkylation sites (tertiary alicyclic amines) is 2. The van der Waals surface area contributed by atoms with Crippen molar-refractivity contribution in [3.63, 3.8) is 0 Å². The van der Waals surface area contributed by atoms with Crippen LogP contribution in [0.25, 0.3) is 11.3 Å². The SMILES string of the molecule is CC(C)(C)Cn1nncc1-c1ccc(C2CN(C(=O)N3CC[C@H](c4ncn[nH]4)C3)C2)cc1.[HH]. The van der Waals surface area contributed by atoms with E-state index in [0.29, 0.717) is 12.5 Å². The summed E-state index contributed by atoms with van der Waals surface area (Å²) in [6.07, 6.45) is 4.28. The van der Waals surface area contributed by atoms with Gasteiger partial charge in [-0.15, -0.1) is 5.10 Å². The average molecular weight is 437 g/mol. The van der Waals surface area contributed by atoms with E-state index in [1.165, 1.54) is 11.9 Å². The van der Waals surface area contributed by atoms with Gasteiger partial charge in [0.15, 0.2) is 0 Å². The Balaban J connectivity index is 0.00000259. The van der Waals surface area contributed by atoms with Gasteiger partial charge in [0.1, 0.15) is 12.2 Å². The molecule has 2 saturated heterocycles. The van der Waals surface area contributed by atoms with Crippen molar-refractivity contribution in [1.29, 1.82) is 0 Å². The van der Waals surface area contributed by atoms with Gasteiger partial charge in [-0.05, 0) is 17.4 Å². The zero-order chi connectivity index (χ0) is 22.3. The van der Waals surface area contributed by atoms with E-state index in [-0.39, 0.29) is 18.8 Å². The van der Waals surface area contributed by atoms with Crippen LogP contribution in [0.1, 0.15) is 51.8 Å². The molecule has 1 N–H and O–H groups in total. The van der Waals surface area contributed by atoms with Gasteiger partial charge in [0.25, 0.3) is 0 Å². The van der Waals surface area contributed by atoms with E-state index in [9.17, 15) is 4.79 Å². The summed E-state index contributed by atoms with van der Waals surface area (Å²) in [7, 11) is 0. The fourth-order valence-corrected chi connectivity index (χ4v) is 4.59. The molecular weight excluding hydrogens is 404 g/mol. The molecular formula is C23H32N8O. The number of carbonyl (C=O) groups excluding carboxylic acids is 1. The Hall–Kier alpha value is -3.23. The van der Waals surface area contributed by atoms with Gasteiger partial charge in [-0.2, -0.15) is 5.10 Å². The maximum Gasteiger partial charge on any atom is 0.320 e. The molecule has 0 aliphatic carbocycles. The van der Waals surface area contributed by atoms with Gasteiger partial charge in [0.2, 0.25) is 0 Å². The van der Waals surface area contributed by atoms with Crippen LogP contribution in [0.2, 0.25) is 0 Å². The van der Waals surface area contributed by atoms with E-state index >= 15 is 0 Å². The summed E-state index contributed by atoms with van der Waals surface area (Å²) in [4.78, 5) is 21.0. The van der Waals surface area contributed by atoms with Crippen LogP contribution >= 0.6 is 0 Å². The summed E-state index contributed by atoms with van der Waals surface area (Å²) in [6.45, 7) is 10.4. The molecule has 2 aliphatic heterocycles. The summed E-state index contributed by atoms with van der Waals surface area (Å²) >= 11 is 0. The van der Waals surface area contributed by atoms with E-state index in [2.05, 4.69) is 70.5 Å². The van der Waals surface area contributed by atoms with Crippen LogP contribution in [-0.4, -0.2) is 72.2 Å². The zero-order valence-corrected chi connectivity index (χ0v) is 18.9. The van der Waals surface area contributed by atoms with Crippen LogP contribution < -0.4 is 0 Å². The third-order valence-corrected chi connectivity index (χ3v) is 6.35. The monoisotopic (exact) mass is 436 g/mol. The predicted molar refractivity (Wildman–Crippen MR) is 122 cm³/mol. The van der Waals surface area contributed by atoms with Crippen molar-refractivity contribution in [2.75, 3.05) is 26.2 Å². The summed E-state index contributed by atoms with van der Waals surface area (Å²) in [5, 5.41) is 15.2. The number of aromatic amines is 1. The van der Waals surface area contributed by atoms with Crippen LogP contribution in [0.15, 0.2) is 36.8 Å². The molecule has 9 heteroatoms. The quantitative estimate of drug-likeness (QED) is 0.677. The number of amides is 2. The number of carbonyl (C=O) groups is 1. The lowest BCUT2D eigenvalue weighted by Gasteiger charge is -2.41. The summed E-state index contributed by atoms with van der Waals surface area (Å²) < 4.78 is 1.97. The van der Waals surface area contributed by atoms with Crippen molar-refractivity contribution >= 4 is 6.03 Å². The van der Waals surface area contributed by atoms with Gasteiger partial charge in [0, 0.05) is 51.5 Å². The Bertz CT molecular complexity index is 1070. The zero-order valence-electron chi connectivity index (χ0n) is 18.9. The Labute approximate surface area is 189 Å². The van der Waals surface area contributed by atoms with Gasteiger partial charge < -0.3 is 9.80 Å². The van der Waals surface area contributed by atoms with Crippen molar-refractivity contribution in [3.8, 4) is 11.3 Å². The van der Waals surface area contributed by atoms with Gasteiger partial charge in [0.05, 0.1) is 11.9 Å². The minimum absolute atomic E-state index is 0. The predicted octanol–water partition coefficient (Wildman–Crippen LogP) is 3.36. The molecule has 1 atom stereocenters. The normalized spacial score (nSPS) is 19.4. The van der Waals surface area contributed by atoms with Crippen molar-refractivity contribution < 1.29 is 6.22 Å². The molecule has 5 rings (SSSR count). The van der Waals surface area contributed by atoms with Crippen LogP contribution in [0.4, 0.5) is 4.79 Å².